The molecule has 3 N–H and O–H groups in total. The second-order valence-corrected chi connectivity index (χ2v) is 8.92. The van der Waals surface area contributed by atoms with E-state index in [2.05, 4.69) is 16.0 Å². The van der Waals surface area contributed by atoms with Crippen LogP contribution in [0.4, 0.5) is 17.1 Å². The number of benzene rings is 2. The summed E-state index contributed by atoms with van der Waals surface area (Å²) in [6.07, 6.45) is 0. The monoisotopic (exact) mass is 434 g/mol. The van der Waals surface area contributed by atoms with Gasteiger partial charge in [0.25, 0.3) is 0 Å². The lowest BCUT2D eigenvalue weighted by Crippen LogP contribution is -2.32. The van der Waals surface area contributed by atoms with E-state index < -0.39 is 16.1 Å². The van der Waals surface area contributed by atoms with E-state index in [4.69, 9.17) is 4.74 Å². The van der Waals surface area contributed by atoms with E-state index in [-0.39, 0.29) is 16.7 Å². The zero-order chi connectivity index (χ0) is 22.5. The van der Waals surface area contributed by atoms with Gasteiger partial charge in [-0.3, -0.25) is 9.59 Å². The van der Waals surface area contributed by atoms with Crippen molar-refractivity contribution < 1.29 is 22.7 Å². The van der Waals surface area contributed by atoms with Crippen LogP contribution in [0.2, 0.25) is 0 Å². The molecule has 2 aromatic rings. The molecule has 0 aliphatic rings. The molecule has 0 aliphatic heterocycles. The Bertz CT molecular complexity index is 1040. The molecular formula is C20H26N4O5S. The molecule has 2 amide bonds. The summed E-state index contributed by atoms with van der Waals surface area (Å²) in [5.41, 5.74) is 1.44. The number of methoxy groups -OCH3 is 1. The topological polar surface area (TPSA) is 117 Å². The number of hydrogen-bond donors (Lipinski definition) is 3. The van der Waals surface area contributed by atoms with Crippen LogP contribution < -0.4 is 20.7 Å². The molecule has 1 atom stereocenters. The summed E-state index contributed by atoms with van der Waals surface area (Å²) in [4.78, 5) is 24.0. The number of hydrogen-bond acceptors (Lipinski definition) is 6. The number of carbonyl (C=O) groups is 2. The van der Waals surface area contributed by atoms with E-state index in [9.17, 15) is 18.0 Å². The number of sulfonamides is 1. The third-order valence-corrected chi connectivity index (χ3v) is 5.98. The van der Waals surface area contributed by atoms with E-state index in [1.807, 2.05) is 0 Å². The number of rotatable bonds is 8. The standard InChI is InChI=1S/C20H26N4O5S/c1-13(21-18-12-16(22-14(2)25)9-10-19(18)29-5)20(26)23-15-7-6-8-17(11-15)30(27,28)24(3)4/h6-13,21H,1-5H3,(H,22,25)(H,23,26). The second-order valence-electron chi connectivity index (χ2n) is 6.77. The Labute approximate surface area is 176 Å². The highest BCUT2D eigenvalue weighted by molar-refractivity contribution is 7.89. The number of anilines is 3. The molecule has 0 saturated heterocycles. The molecule has 30 heavy (non-hydrogen) atoms. The van der Waals surface area contributed by atoms with Gasteiger partial charge in [-0.25, -0.2) is 12.7 Å². The Kier molecular flexibility index (Phi) is 7.41. The summed E-state index contributed by atoms with van der Waals surface area (Å²) < 4.78 is 31.0. The van der Waals surface area contributed by atoms with E-state index in [0.29, 0.717) is 22.8 Å². The normalized spacial score (nSPS) is 12.2. The molecule has 0 aliphatic carbocycles. The van der Waals surface area contributed by atoms with Crippen LogP contribution >= 0.6 is 0 Å². The zero-order valence-electron chi connectivity index (χ0n) is 17.5. The predicted molar refractivity (Wildman–Crippen MR) is 116 cm³/mol. The maximum absolute atomic E-state index is 12.6. The van der Waals surface area contributed by atoms with Gasteiger partial charge >= 0.3 is 0 Å². The van der Waals surface area contributed by atoms with Crippen LogP contribution in [0.5, 0.6) is 5.75 Å². The van der Waals surface area contributed by atoms with Gasteiger partial charge in [-0.15, -0.1) is 0 Å². The first-order valence-corrected chi connectivity index (χ1v) is 10.5. The third kappa shape index (κ3) is 5.71. The van der Waals surface area contributed by atoms with Crippen LogP contribution in [0.3, 0.4) is 0 Å². The molecule has 1 unspecified atom stereocenters. The van der Waals surface area contributed by atoms with Gasteiger partial charge < -0.3 is 20.7 Å². The minimum atomic E-state index is -3.61. The van der Waals surface area contributed by atoms with Gasteiger partial charge in [0.15, 0.2) is 0 Å². The molecule has 2 rings (SSSR count). The predicted octanol–water partition coefficient (Wildman–Crippen LogP) is 2.34. The first-order valence-electron chi connectivity index (χ1n) is 9.10. The average molecular weight is 435 g/mol. The van der Waals surface area contributed by atoms with Crippen molar-refractivity contribution in [1.29, 1.82) is 0 Å². The minimum Gasteiger partial charge on any atom is -0.495 e. The minimum absolute atomic E-state index is 0.0792. The van der Waals surface area contributed by atoms with Crippen LogP contribution in [0, 0.1) is 0 Å². The molecule has 0 saturated carbocycles. The van der Waals surface area contributed by atoms with Crippen LogP contribution in [0.1, 0.15) is 13.8 Å². The molecule has 0 spiro atoms. The van der Waals surface area contributed by atoms with Crippen LogP contribution in [0.25, 0.3) is 0 Å². The van der Waals surface area contributed by atoms with Crippen molar-refractivity contribution in [2.45, 2.75) is 24.8 Å². The number of carbonyl (C=O) groups excluding carboxylic acids is 2. The van der Waals surface area contributed by atoms with Gasteiger partial charge in [0.05, 0.1) is 17.7 Å². The molecular weight excluding hydrogens is 408 g/mol. The number of ether oxygens (including phenoxy) is 1. The summed E-state index contributed by atoms with van der Waals surface area (Å²) in [6, 6.07) is 10.4. The Morgan fingerprint density at radius 2 is 1.70 bits per heavy atom. The highest BCUT2D eigenvalue weighted by Gasteiger charge is 2.19. The van der Waals surface area contributed by atoms with Crippen LogP contribution in [-0.2, 0) is 19.6 Å². The van der Waals surface area contributed by atoms with Crippen molar-refractivity contribution in [1.82, 2.24) is 4.31 Å². The first kappa shape index (κ1) is 23.2. The maximum atomic E-state index is 12.6. The Hall–Kier alpha value is -3.11. The molecule has 0 radical (unpaired) electrons. The fourth-order valence-electron chi connectivity index (χ4n) is 2.60. The lowest BCUT2D eigenvalue weighted by atomic mass is 10.2. The molecule has 0 bridgehead atoms. The van der Waals surface area contributed by atoms with E-state index in [1.165, 1.54) is 40.3 Å². The lowest BCUT2D eigenvalue weighted by Gasteiger charge is -2.19. The maximum Gasteiger partial charge on any atom is 0.246 e. The third-order valence-electron chi connectivity index (χ3n) is 4.17. The van der Waals surface area contributed by atoms with Crippen LogP contribution in [-0.4, -0.2) is 51.8 Å². The van der Waals surface area contributed by atoms with Crippen molar-refractivity contribution in [2.75, 3.05) is 37.2 Å². The van der Waals surface area contributed by atoms with E-state index in [1.54, 1.807) is 37.3 Å². The van der Waals surface area contributed by atoms with Crippen LogP contribution in [0.15, 0.2) is 47.4 Å². The van der Waals surface area contributed by atoms with Gasteiger partial charge in [-0.2, -0.15) is 0 Å². The smallest absolute Gasteiger partial charge is 0.246 e. The van der Waals surface area contributed by atoms with Crippen molar-refractivity contribution in [2.24, 2.45) is 0 Å². The second kappa shape index (κ2) is 9.59. The van der Waals surface area contributed by atoms with Gasteiger partial charge in [0.1, 0.15) is 11.8 Å². The van der Waals surface area contributed by atoms with Gasteiger partial charge in [0.2, 0.25) is 21.8 Å². The van der Waals surface area contributed by atoms with Crippen molar-refractivity contribution in [3.8, 4) is 5.75 Å². The van der Waals surface area contributed by atoms with Crippen molar-refractivity contribution >= 4 is 38.9 Å². The summed E-state index contributed by atoms with van der Waals surface area (Å²) in [5, 5.41) is 8.42. The number of nitrogens with zero attached hydrogens (tertiary/aromatic N) is 1. The zero-order valence-corrected chi connectivity index (χ0v) is 18.3. The molecule has 162 valence electrons. The SMILES string of the molecule is COc1ccc(NC(C)=O)cc1NC(C)C(=O)Nc1cccc(S(=O)(=O)N(C)C)c1. The number of nitrogens with one attached hydrogen (secondary N) is 3. The van der Waals surface area contributed by atoms with Gasteiger partial charge in [-0.1, -0.05) is 6.07 Å². The average Bonchev–Trinajstić information content (AvgIpc) is 2.67. The fourth-order valence-corrected chi connectivity index (χ4v) is 3.54. The summed E-state index contributed by atoms with van der Waals surface area (Å²) in [7, 11) is 0.767. The molecule has 10 heteroatoms. The molecule has 2 aromatic carbocycles. The van der Waals surface area contributed by atoms with Gasteiger partial charge in [-0.05, 0) is 43.3 Å². The largest absolute Gasteiger partial charge is 0.495 e. The highest BCUT2D eigenvalue weighted by atomic mass is 32.2. The van der Waals surface area contributed by atoms with Crippen molar-refractivity contribution in [3.05, 3.63) is 42.5 Å². The molecule has 0 heterocycles. The summed E-state index contributed by atoms with van der Waals surface area (Å²) in [6.45, 7) is 3.05. The fraction of sp³-hybridized carbons (Fsp3) is 0.300. The summed E-state index contributed by atoms with van der Waals surface area (Å²) in [5.74, 6) is -0.0892. The molecule has 9 nitrogen and oxygen atoms in total. The Morgan fingerprint density at radius 3 is 2.30 bits per heavy atom. The summed E-state index contributed by atoms with van der Waals surface area (Å²) >= 11 is 0. The molecule has 0 fully saturated rings. The number of amides is 2. The van der Waals surface area contributed by atoms with E-state index in [0.717, 1.165) is 4.31 Å². The van der Waals surface area contributed by atoms with E-state index >= 15 is 0 Å². The lowest BCUT2D eigenvalue weighted by molar-refractivity contribution is -0.116. The van der Waals surface area contributed by atoms with Crippen molar-refractivity contribution in [3.63, 3.8) is 0 Å². The Morgan fingerprint density at radius 1 is 1.03 bits per heavy atom. The highest BCUT2D eigenvalue weighted by Crippen LogP contribution is 2.28. The quantitative estimate of drug-likeness (QED) is 0.587. The first-order chi connectivity index (χ1) is 14.0. The van der Waals surface area contributed by atoms with Gasteiger partial charge in [0, 0.05) is 32.4 Å². The molecule has 0 aromatic heterocycles. The Balaban J connectivity index is 2.17.